The first kappa shape index (κ1) is 20.8. The Hall–Kier alpha value is -2.94. The smallest absolute Gasteiger partial charge is 0.387 e. The number of rotatable bonds is 6. The summed E-state index contributed by atoms with van der Waals surface area (Å²) in [5.74, 6) is 0.0156. The molecule has 1 atom stereocenters. The van der Waals surface area contributed by atoms with Crippen LogP contribution in [-0.2, 0) is 0 Å². The fourth-order valence-corrected chi connectivity index (χ4v) is 3.13. The quantitative estimate of drug-likeness (QED) is 0.568. The van der Waals surface area contributed by atoms with Crippen molar-refractivity contribution in [3.63, 3.8) is 0 Å². The highest BCUT2D eigenvalue weighted by Gasteiger charge is 2.19. The summed E-state index contributed by atoms with van der Waals surface area (Å²) in [6.45, 7) is -0.234. The standard InChI is InChI=1S/C20H23F3N4O2/c21-15-4-6-16(7-5-15)26-8-10-27(11-9-26)20(24)25-13-18(28)14-2-1-3-17(12-14)29-19(22)23/h1-7,12,18-19,28H,8-11,13H2,(H2,24,25). The van der Waals surface area contributed by atoms with Crippen LogP contribution in [0, 0.1) is 5.82 Å². The fourth-order valence-electron chi connectivity index (χ4n) is 3.13. The Balaban J connectivity index is 1.53. The monoisotopic (exact) mass is 408 g/mol. The van der Waals surface area contributed by atoms with E-state index in [2.05, 4.69) is 14.6 Å². The van der Waals surface area contributed by atoms with E-state index in [1.165, 1.54) is 30.3 Å². The number of benzene rings is 2. The summed E-state index contributed by atoms with van der Waals surface area (Å²) >= 11 is 0. The minimum absolute atomic E-state index is 0.00212. The summed E-state index contributed by atoms with van der Waals surface area (Å²) in [6, 6.07) is 12.2. The molecule has 156 valence electrons. The van der Waals surface area contributed by atoms with Gasteiger partial charge in [0.2, 0.25) is 0 Å². The Morgan fingerprint density at radius 3 is 2.45 bits per heavy atom. The van der Waals surface area contributed by atoms with Crippen molar-refractivity contribution >= 4 is 11.6 Å². The van der Waals surface area contributed by atoms with Crippen LogP contribution in [0.4, 0.5) is 18.9 Å². The van der Waals surface area contributed by atoms with Gasteiger partial charge in [0, 0.05) is 31.9 Å². The van der Waals surface area contributed by atoms with Gasteiger partial charge >= 0.3 is 6.61 Å². The fraction of sp³-hybridized carbons (Fsp3) is 0.350. The molecule has 0 saturated carbocycles. The number of alkyl halides is 2. The Morgan fingerprint density at radius 1 is 1.10 bits per heavy atom. The molecule has 1 aliphatic rings. The zero-order valence-corrected chi connectivity index (χ0v) is 15.7. The van der Waals surface area contributed by atoms with Crippen LogP contribution in [0.3, 0.4) is 0 Å². The van der Waals surface area contributed by atoms with Crippen molar-refractivity contribution in [3.05, 3.63) is 59.9 Å². The lowest BCUT2D eigenvalue weighted by Crippen LogP contribution is -2.51. The minimum Gasteiger partial charge on any atom is -0.435 e. The van der Waals surface area contributed by atoms with Gasteiger partial charge in [0.1, 0.15) is 11.6 Å². The third-order valence-electron chi connectivity index (χ3n) is 4.69. The van der Waals surface area contributed by atoms with E-state index in [0.29, 0.717) is 37.7 Å². The summed E-state index contributed by atoms with van der Waals surface area (Å²) < 4.78 is 42.0. The lowest BCUT2D eigenvalue weighted by atomic mass is 10.1. The summed E-state index contributed by atoms with van der Waals surface area (Å²) in [6.07, 6.45) is -0.990. The van der Waals surface area contributed by atoms with E-state index in [-0.39, 0.29) is 18.1 Å². The van der Waals surface area contributed by atoms with Crippen molar-refractivity contribution in [1.82, 2.24) is 4.90 Å². The first-order chi connectivity index (χ1) is 13.9. The number of ether oxygens (including phenoxy) is 1. The van der Waals surface area contributed by atoms with Gasteiger partial charge in [-0.3, -0.25) is 4.99 Å². The first-order valence-electron chi connectivity index (χ1n) is 9.20. The molecule has 0 radical (unpaired) electrons. The molecule has 1 aliphatic heterocycles. The summed E-state index contributed by atoms with van der Waals surface area (Å²) in [7, 11) is 0. The topological polar surface area (TPSA) is 74.3 Å². The van der Waals surface area contributed by atoms with Crippen LogP contribution in [0.25, 0.3) is 0 Å². The van der Waals surface area contributed by atoms with Crippen LogP contribution < -0.4 is 15.4 Å². The molecule has 29 heavy (non-hydrogen) atoms. The predicted octanol–water partition coefficient (Wildman–Crippen LogP) is 2.60. The van der Waals surface area contributed by atoms with E-state index in [1.54, 1.807) is 18.2 Å². The molecule has 2 aromatic carbocycles. The Morgan fingerprint density at radius 2 is 1.79 bits per heavy atom. The highest BCUT2D eigenvalue weighted by Crippen LogP contribution is 2.21. The Bertz CT molecular complexity index is 825. The highest BCUT2D eigenvalue weighted by atomic mass is 19.3. The third-order valence-corrected chi connectivity index (χ3v) is 4.69. The Labute approximate surface area is 167 Å². The van der Waals surface area contributed by atoms with Crippen LogP contribution in [-0.4, -0.2) is 55.3 Å². The molecule has 9 heteroatoms. The van der Waals surface area contributed by atoms with Gasteiger partial charge in [0.05, 0.1) is 12.6 Å². The van der Waals surface area contributed by atoms with Crippen molar-refractivity contribution in [2.24, 2.45) is 10.7 Å². The second-order valence-corrected chi connectivity index (χ2v) is 6.62. The van der Waals surface area contributed by atoms with Crippen LogP contribution in [0.2, 0.25) is 0 Å². The molecule has 0 amide bonds. The van der Waals surface area contributed by atoms with Crippen LogP contribution >= 0.6 is 0 Å². The second-order valence-electron chi connectivity index (χ2n) is 6.62. The number of nitrogens with zero attached hydrogens (tertiary/aromatic N) is 3. The summed E-state index contributed by atoms with van der Waals surface area (Å²) in [4.78, 5) is 8.27. The van der Waals surface area contributed by atoms with E-state index < -0.39 is 12.7 Å². The molecule has 1 saturated heterocycles. The van der Waals surface area contributed by atoms with Crippen molar-refractivity contribution in [3.8, 4) is 5.75 Å². The van der Waals surface area contributed by atoms with Crippen LogP contribution in [0.15, 0.2) is 53.5 Å². The van der Waals surface area contributed by atoms with E-state index in [1.807, 2.05) is 4.90 Å². The van der Waals surface area contributed by atoms with Crippen LogP contribution in [0.1, 0.15) is 11.7 Å². The predicted molar refractivity (Wildman–Crippen MR) is 105 cm³/mol. The van der Waals surface area contributed by atoms with Gasteiger partial charge in [0.15, 0.2) is 5.96 Å². The molecule has 0 bridgehead atoms. The lowest BCUT2D eigenvalue weighted by molar-refractivity contribution is -0.0499. The van der Waals surface area contributed by atoms with Gasteiger partial charge in [0.25, 0.3) is 0 Å². The average Bonchev–Trinajstić information content (AvgIpc) is 2.72. The SMILES string of the molecule is NC(=NCC(O)c1cccc(OC(F)F)c1)N1CCN(c2ccc(F)cc2)CC1. The number of aliphatic hydroxyl groups excluding tert-OH is 1. The molecular weight excluding hydrogens is 385 g/mol. The molecule has 6 nitrogen and oxygen atoms in total. The Kier molecular flexibility index (Phi) is 6.82. The van der Waals surface area contributed by atoms with Crippen molar-refractivity contribution in [1.29, 1.82) is 0 Å². The van der Waals surface area contributed by atoms with Crippen molar-refractivity contribution in [2.75, 3.05) is 37.6 Å². The number of hydrogen-bond donors (Lipinski definition) is 2. The molecule has 0 aliphatic carbocycles. The number of anilines is 1. The summed E-state index contributed by atoms with van der Waals surface area (Å²) in [5.41, 5.74) is 7.41. The largest absolute Gasteiger partial charge is 0.435 e. The van der Waals surface area contributed by atoms with E-state index >= 15 is 0 Å². The van der Waals surface area contributed by atoms with Gasteiger partial charge in [-0.2, -0.15) is 8.78 Å². The number of aliphatic hydroxyl groups is 1. The molecule has 1 heterocycles. The molecule has 2 aromatic rings. The zero-order chi connectivity index (χ0) is 20.8. The second kappa shape index (κ2) is 9.51. The maximum Gasteiger partial charge on any atom is 0.387 e. The number of halogens is 3. The maximum absolute atomic E-state index is 13.1. The van der Waals surface area contributed by atoms with Gasteiger partial charge in [-0.05, 0) is 42.0 Å². The molecule has 1 fully saturated rings. The van der Waals surface area contributed by atoms with Crippen molar-refractivity contribution < 1.29 is 23.0 Å². The first-order valence-corrected chi connectivity index (χ1v) is 9.20. The number of hydrogen-bond acceptors (Lipinski definition) is 4. The zero-order valence-electron chi connectivity index (χ0n) is 15.7. The highest BCUT2D eigenvalue weighted by molar-refractivity contribution is 5.78. The minimum atomic E-state index is -2.93. The van der Waals surface area contributed by atoms with Crippen LogP contribution in [0.5, 0.6) is 5.75 Å². The summed E-state index contributed by atoms with van der Waals surface area (Å²) in [5, 5.41) is 10.3. The van der Waals surface area contributed by atoms with E-state index in [9.17, 15) is 18.3 Å². The normalized spacial score (nSPS) is 16.2. The molecule has 3 rings (SSSR count). The third kappa shape index (κ3) is 5.77. The molecule has 1 unspecified atom stereocenters. The van der Waals surface area contributed by atoms with Gasteiger partial charge < -0.3 is 25.4 Å². The van der Waals surface area contributed by atoms with E-state index in [0.717, 1.165) is 5.69 Å². The molecule has 3 N–H and O–H groups in total. The molecular formula is C20H23F3N4O2. The average molecular weight is 408 g/mol. The molecule has 0 spiro atoms. The number of nitrogens with two attached hydrogens (primary N) is 1. The van der Waals surface area contributed by atoms with Gasteiger partial charge in [-0.25, -0.2) is 4.39 Å². The molecule has 0 aromatic heterocycles. The van der Waals surface area contributed by atoms with E-state index in [4.69, 9.17) is 5.73 Å². The van der Waals surface area contributed by atoms with Gasteiger partial charge in [-0.15, -0.1) is 0 Å². The number of aliphatic imine (C=N–C) groups is 1. The lowest BCUT2D eigenvalue weighted by Gasteiger charge is -2.36. The maximum atomic E-state index is 13.1. The number of guanidine groups is 1. The number of piperazine rings is 1. The van der Waals surface area contributed by atoms with Gasteiger partial charge in [-0.1, -0.05) is 12.1 Å². The van der Waals surface area contributed by atoms with Crippen molar-refractivity contribution in [2.45, 2.75) is 12.7 Å².